The van der Waals surface area contributed by atoms with Crippen molar-refractivity contribution >= 4 is 29.6 Å². The molecule has 0 spiro atoms. The first-order chi connectivity index (χ1) is 7.49. The lowest BCUT2D eigenvalue weighted by molar-refractivity contribution is -0.137. The van der Waals surface area contributed by atoms with Crippen LogP contribution in [0.4, 0.5) is 11.9 Å². The predicted molar refractivity (Wildman–Crippen MR) is 60.4 cm³/mol. The minimum Gasteiger partial charge on any atom is -0.480 e. The molecule has 0 bridgehead atoms. The van der Waals surface area contributed by atoms with Crippen molar-refractivity contribution in [3.05, 3.63) is 5.82 Å². The highest BCUT2D eigenvalue weighted by atomic mass is 32.2. The fraction of sp³-hybridized carbons (Fsp3) is 0.429. The number of rotatable bonds is 5. The number of carbonyl (C=O) groups is 1. The summed E-state index contributed by atoms with van der Waals surface area (Å²) in [5.74, 6) is 0.115. The molecule has 0 fully saturated rings. The van der Waals surface area contributed by atoms with Crippen molar-refractivity contribution in [2.75, 3.05) is 17.2 Å². The predicted octanol–water partition coefficient (Wildman–Crippen LogP) is -1.32. The van der Waals surface area contributed by atoms with Crippen LogP contribution < -0.4 is 17.2 Å². The monoisotopic (exact) mass is 244 g/mol. The average molecular weight is 244 g/mol. The van der Waals surface area contributed by atoms with E-state index in [1.807, 2.05) is 0 Å². The molecule has 1 aromatic rings. The van der Waals surface area contributed by atoms with E-state index < -0.39 is 12.0 Å². The van der Waals surface area contributed by atoms with Crippen LogP contribution in [-0.4, -0.2) is 37.8 Å². The van der Waals surface area contributed by atoms with Crippen LogP contribution in [0.5, 0.6) is 0 Å². The van der Waals surface area contributed by atoms with Crippen LogP contribution in [0, 0.1) is 0 Å². The van der Waals surface area contributed by atoms with E-state index in [0.29, 0.717) is 11.6 Å². The minimum atomic E-state index is -1.04. The fourth-order valence-corrected chi connectivity index (χ4v) is 1.70. The highest BCUT2D eigenvalue weighted by Crippen LogP contribution is 2.10. The topological polar surface area (TPSA) is 154 Å². The summed E-state index contributed by atoms with van der Waals surface area (Å²) in [7, 11) is 0. The molecule has 7 N–H and O–H groups in total. The molecule has 9 heteroatoms. The Kier molecular flexibility index (Phi) is 4.26. The van der Waals surface area contributed by atoms with E-state index in [2.05, 4.69) is 15.0 Å². The molecule has 1 aromatic heterocycles. The number of carboxylic acid groups (broad SMARTS) is 1. The first-order valence-electron chi connectivity index (χ1n) is 4.31. The van der Waals surface area contributed by atoms with E-state index in [1.165, 1.54) is 11.8 Å². The Hall–Kier alpha value is -1.61. The quantitative estimate of drug-likeness (QED) is 0.493. The molecule has 0 unspecified atom stereocenters. The summed E-state index contributed by atoms with van der Waals surface area (Å²) >= 11 is 1.29. The number of carboxylic acids is 1. The fourth-order valence-electron chi connectivity index (χ4n) is 0.870. The maximum absolute atomic E-state index is 10.4. The number of nitrogens with zero attached hydrogens (tertiary/aromatic N) is 3. The minimum absolute atomic E-state index is 0.0469. The Balaban J connectivity index is 2.46. The molecule has 1 heterocycles. The van der Waals surface area contributed by atoms with Crippen molar-refractivity contribution in [3.8, 4) is 0 Å². The molecule has 0 aliphatic heterocycles. The standard InChI is InChI=1S/C7H12N6O2S/c8-3(5(14)15)1-16-2-4-11-6(9)13-7(10)12-4/h3H,1-2,8H2,(H,14,15)(H4,9,10,11,12,13)/t3-/m1/s1. The lowest BCUT2D eigenvalue weighted by Crippen LogP contribution is -2.32. The molecule has 0 aliphatic rings. The van der Waals surface area contributed by atoms with Gasteiger partial charge in [-0.2, -0.15) is 26.7 Å². The van der Waals surface area contributed by atoms with Gasteiger partial charge in [-0.15, -0.1) is 0 Å². The summed E-state index contributed by atoms with van der Waals surface area (Å²) in [6.07, 6.45) is 0. The van der Waals surface area contributed by atoms with Crippen LogP contribution in [0.25, 0.3) is 0 Å². The number of nitrogen functional groups attached to an aromatic ring is 2. The van der Waals surface area contributed by atoms with E-state index in [0.717, 1.165) is 0 Å². The van der Waals surface area contributed by atoms with Crippen LogP contribution >= 0.6 is 11.8 Å². The zero-order valence-electron chi connectivity index (χ0n) is 8.33. The Morgan fingerprint density at radius 1 is 1.31 bits per heavy atom. The molecule has 88 valence electrons. The average Bonchev–Trinajstić information content (AvgIpc) is 2.15. The van der Waals surface area contributed by atoms with E-state index in [1.54, 1.807) is 0 Å². The number of thioether (sulfide) groups is 1. The van der Waals surface area contributed by atoms with Gasteiger partial charge in [-0.25, -0.2) is 0 Å². The van der Waals surface area contributed by atoms with Crippen LogP contribution in [0.1, 0.15) is 5.82 Å². The summed E-state index contributed by atoms with van der Waals surface area (Å²) in [5.41, 5.74) is 16.1. The first-order valence-corrected chi connectivity index (χ1v) is 5.46. The number of hydrogen-bond acceptors (Lipinski definition) is 8. The van der Waals surface area contributed by atoms with Gasteiger partial charge in [0.2, 0.25) is 11.9 Å². The molecule has 1 atom stereocenters. The summed E-state index contributed by atoms with van der Waals surface area (Å²) < 4.78 is 0. The lowest BCUT2D eigenvalue weighted by atomic mass is 10.4. The molecule has 1 rings (SSSR count). The van der Waals surface area contributed by atoms with Crippen LogP contribution in [0.2, 0.25) is 0 Å². The third-order valence-electron chi connectivity index (χ3n) is 1.56. The SMILES string of the molecule is Nc1nc(N)nc(CSC[C@@H](N)C(=O)O)n1. The molecule has 0 amide bonds. The second-order valence-electron chi connectivity index (χ2n) is 2.93. The smallest absolute Gasteiger partial charge is 0.321 e. The van der Waals surface area contributed by atoms with Gasteiger partial charge in [0.25, 0.3) is 0 Å². The highest BCUT2D eigenvalue weighted by Gasteiger charge is 2.11. The Labute approximate surface area is 95.6 Å². The third-order valence-corrected chi connectivity index (χ3v) is 2.62. The van der Waals surface area contributed by atoms with Gasteiger partial charge in [-0.05, 0) is 0 Å². The zero-order valence-corrected chi connectivity index (χ0v) is 9.15. The van der Waals surface area contributed by atoms with Gasteiger partial charge < -0.3 is 22.3 Å². The van der Waals surface area contributed by atoms with E-state index >= 15 is 0 Å². The van der Waals surface area contributed by atoms with E-state index in [4.69, 9.17) is 22.3 Å². The van der Waals surface area contributed by atoms with Crippen molar-refractivity contribution < 1.29 is 9.90 Å². The number of hydrogen-bond donors (Lipinski definition) is 4. The van der Waals surface area contributed by atoms with Crippen LogP contribution in [0.15, 0.2) is 0 Å². The van der Waals surface area contributed by atoms with Gasteiger partial charge >= 0.3 is 5.97 Å². The summed E-state index contributed by atoms with van der Waals surface area (Å²) in [5, 5.41) is 8.55. The van der Waals surface area contributed by atoms with Gasteiger partial charge in [-0.3, -0.25) is 4.79 Å². The number of nitrogens with two attached hydrogens (primary N) is 3. The number of aromatic nitrogens is 3. The molecule has 0 aliphatic carbocycles. The third kappa shape index (κ3) is 3.87. The molecule has 16 heavy (non-hydrogen) atoms. The van der Waals surface area contributed by atoms with Gasteiger partial charge in [0.1, 0.15) is 11.9 Å². The first kappa shape index (κ1) is 12.5. The second-order valence-corrected chi connectivity index (χ2v) is 3.96. The van der Waals surface area contributed by atoms with Crippen molar-refractivity contribution in [3.63, 3.8) is 0 Å². The molecule has 0 saturated carbocycles. The molecule has 0 aromatic carbocycles. The normalized spacial score (nSPS) is 12.3. The Bertz CT molecular complexity index is 367. The van der Waals surface area contributed by atoms with E-state index in [9.17, 15) is 4.79 Å². The largest absolute Gasteiger partial charge is 0.480 e. The maximum atomic E-state index is 10.4. The Morgan fingerprint density at radius 2 is 1.88 bits per heavy atom. The van der Waals surface area contributed by atoms with Gasteiger partial charge in [0.15, 0.2) is 0 Å². The van der Waals surface area contributed by atoms with E-state index in [-0.39, 0.29) is 17.6 Å². The molecular formula is C7H12N6O2S. The maximum Gasteiger partial charge on any atom is 0.321 e. The summed E-state index contributed by atoms with van der Waals surface area (Å²) in [6.45, 7) is 0. The van der Waals surface area contributed by atoms with Crippen LogP contribution in [-0.2, 0) is 10.5 Å². The molecule has 0 saturated heterocycles. The van der Waals surface area contributed by atoms with Gasteiger partial charge in [-0.1, -0.05) is 0 Å². The van der Waals surface area contributed by atoms with Crippen molar-refractivity contribution in [1.82, 2.24) is 15.0 Å². The summed E-state index contributed by atoms with van der Waals surface area (Å²) in [6, 6.07) is -0.901. The van der Waals surface area contributed by atoms with Gasteiger partial charge in [0, 0.05) is 5.75 Å². The highest BCUT2D eigenvalue weighted by molar-refractivity contribution is 7.98. The van der Waals surface area contributed by atoms with Gasteiger partial charge in [0.05, 0.1) is 5.75 Å². The van der Waals surface area contributed by atoms with Crippen LogP contribution in [0.3, 0.4) is 0 Å². The lowest BCUT2D eigenvalue weighted by Gasteiger charge is -2.05. The zero-order chi connectivity index (χ0) is 12.1. The number of aliphatic carboxylic acids is 1. The molecule has 0 radical (unpaired) electrons. The molecule has 8 nitrogen and oxygen atoms in total. The van der Waals surface area contributed by atoms with Crippen molar-refractivity contribution in [1.29, 1.82) is 0 Å². The van der Waals surface area contributed by atoms with Crippen molar-refractivity contribution in [2.24, 2.45) is 5.73 Å². The second kappa shape index (κ2) is 5.47. The van der Waals surface area contributed by atoms with Crippen molar-refractivity contribution in [2.45, 2.75) is 11.8 Å². The Morgan fingerprint density at radius 3 is 2.38 bits per heavy atom. The summed E-state index contributed by atoms with van der Waals surface area (Å²) in [4.78, 5) is 21.7. The molecular weight excluding hydrogens is 232 g/mol. The number of anilines is 2.